The molecule has 3 fully saturated rings. The molecule has 210 valence electrons. The molecular formula is C31H36BFN2O5. The van der Waals surface area contributed by atoms with E-state index >= 15 is 0 Å². The number of rotatable bonds is 5. The Bertz CT molecular complexity index is 1330. The van der Waals surface area contributed by atoms with E-state index in [-0.39, 0.29) is 29.7 Å². The number of aromatic hydroxyl groups is 1. The summed E-state index contributed by atoms with van der Waals surface area (Å²) in [6.07, 6.45) is 1.63. The summed E-state index contributed by atoms with van der Waals surface area (Å²) < 4.78 is 20.1. The number of hydrogen-bond acceptors (Lipinski definition) is 6. The number of imide groups is 1. The second-order valence-corrected chi connectivity index (χ2v) is 12.0. The Labute approximate surface area is 234 Å². The fourth-order valence-corrected chi connectivity index (χ4v) is 7.40. The van der Waals surface area contributed by atoms with Crippen LogP contribution in [0.4, 0.5) is 4.39 Å². The highest BCUT2D eigenvalue weighted by Gasteiger charge is 2.59. The molecular weight excluding hydrogens is 510 g/mol. The van der Waals surface area contributed by atoms with Crippen molar-refractivity contribution < 1.29 is 28.8 Å². The molecule has 3 aliphatic heterocycles. The highest BCUT2D eigenvalue weighted by molar-refractivity contribution is 6.53. The zero-order valence-electron chi connectivity index (χ0n) is 23.0. The molecule has 2 aromatic rings. The number of hydrogen-bond donors (Lipinski definition) is 2. The van der Waals surface area contributed by atoms with Gasteiger partial charge in [0, 0.05) is 25.7 Å². The van der Waals surface area contributed by atoms with Gasteiger partial charge in [-0.3, -0.25) is 19.4 Å². The highest BCUT2D eigenvalue weighted by Crippen LogP contribution is 2.53. The number of amides is 2. The first kappa shape index (κ1) is 27.2. The van der Waals surface area contributed by atoms with E-state index in [0.717, 1.165) is 38.0 Å². The molecule has 4 atom stereocenters. The SMILES string of the molecule is CC(C)C1=C2B(O)O[C@H](c3ccc(O)c(F)c3)C[C@H]2[C@H]2C(=O)N(C3CCN(Cc4ccccc4)CC3)C(=O)[C@H]2C1. The molecule has 4 aliphatic rings. The molecule has 9 heteroatoms. The Hall–Kier alpha value is -3.01. The van der Waals surface area contributed by atoms with Crippen molar-refractivity contribution >= 4 is 18.9 Å². The number of nitrogens with zero attached hydrogens (tertiary/aromatic N) is 2. The number of phenolic OH excluding ortho intramolecular Hbond substituents is 1. The van der Waals surface area contributed by atoms with Crippen LogP contribution in [0.25, 0.3) is 0 Å². The molecule has 6 rings (SSSR count). The van der Waals surface area contributed by atoms with Crippen molar-refractivity contribution in [1.29, 1.82) is 0 Å². The number of benzene rings is 2. The predicted octanol–water partition coefficient (Wildman–Crippen LogP) is 4.25. The molecule has 1 aliphatic carbocycles. The standard InChI is InChI=1S/C31H36BFN2O5/c1-18(2)22-15-24-28(23-16-27(40-32(39)29(22)23)20-8-9-26(36)25(33)14-20)31(38)35(30(24)37)21-10-12-34(13-11-21)17-19-6-4-3-5-7-19/h3-9,14,18,21,23-24,27-28,36,39H,10-13,15-17H2,1-2H3/t23-,24-,27-,28+/m0/s1. The molecule has 2 aromatic carbocycles. The Balaban J connectivity index is 1.24. The van der Waals surface area contributed by atoms with Crippen LogP contribution in [0.2, 0.25) is 0 Å². The van der Waals surface area contributed by atoms with Gasteiger partial charge < -0.3 is 14.8 Å². The zero-order chi connectivity index (χ0) is 28.1. The average molecular weight is 546 g/mol. The number of piperidine rings is 1. The van der Waals surface area contributed by atoms with Gasteiger partial charge in [-0.15, -0.1) is 0 Å². The van der Waals surface area contributed by atoms with E-state index in [0.29, 0.717) is 23.9 Å². The van der Waals surface area contributed by atoms with Crippen LogP contribution in [0, 0.1) is 29.5 Å². The Kier molecular flexibility index (Phi) is 7.31. The van der Waals surface area contributed by atoms with Crippen LogP contribution >= 0.6 is 0 Å². The fourth-order valence-electron chi connectivity index (χ4n) is 7.40. The summed E-state index contributed by atoms with van der Waals surface area (Å²) in [6.45, 7) is 6.56. The molecule has 0 spiro atoms. The van der Waals surface area contributed by atoms with Crippen LogP contribution in [0.1, 0.15) is 56.8 Å². The van der Waals surface area contributed by atoms with E-state index in [4.69, 9.17) is 4.65 Å². The molecule has 40 heavy (non-hydrogen) atoms. The second-order valence-electron chi connectivity index (χ2n) is 12.0. The minimum Gasteiger partial charge on any atom is -0.505 e. The van der Waals surface area contributed by atoms with Gasteiger partial charge in [0.25, 0.3) is 0 Å². The van der Waals surface area contributed by atoms with Crippen molar-refractivity contribution in [3.8, 4) is 5.75 Å². The van der Waals surface area contributed by atoms with Gasteiger partial charge in [0.15, 0.2) is 11.6 Å². The lowest BCUT2D eigenvalue weighted by molar-refractivity contribution is -0.144. The Morgan fingerprint density at radius 2 is 1.77 bits per heavy atom. The second kappa shape index (κ2) is 10.8. The van der Waals surface area contributed by atoms with Crippen molar-refractivity contribution in [2.75, 3.05) is 13.1 Å². The van der Waals surface area contributed by atoms with Gasteiger partial charge in [-0.2, -0.15) is 0 Å². The minimum absolute atomic E-state index is 0.0811. The van der Waals surface area contributed by atoms with Crippen molar-refractivity contribution in [3.05, 3.63) is 76.5 Å². The lowest BCUT2D eigenvalue weighted by Crippen LogP contribution is -2.48. The molecule has 7 nitrogen and oxygen atoms in total. The summed E-state index contributed by atoms with van der Waals surface area (Å²) >= 11 is 0. The fraction of sp³-hybridized carbons (Fsp3) is 0.484. The summed E-state index contributed by atoms with van der Waals surface area (Å²) in [4.78, 5) is 31.9. The minimum atomic E-state index is -1.24. The van der Waals surface area contributed by atoms with Crippen LogP contribution in [0.5, 0.6) is 5.75 Å². The number of allylic oxidation sites excluding steroid dienone is 2. The maximum absolute atomic E-state index is 14.2. The normalized spacial score (nSPS) is 27.9. The lowest BCUT2D eigenvalue weighted by atomic mass is 9.54. The summed E-state index contributed by atoms with van der Waals surface area (Å²) in [5, 5.41) is 20.8. The smallest absolute Gasteiger partial charge is 0.487 e. The maximum Gasteiger partial charge on any atom is 0.487 e. The van der Waals surface area contributed by atoms with E-state index in [2.05, 4.69) is 17.0 Å². The molecule has 0 saturated carbocycles. The quantitative estimate of drug-likeness (QED) is 0.431. The van der Waals surface area contributed by atoms with Gasteiger partial charge in [0.1, 0.15) is 0 Å². The number of likely N-dealkylation sites (tertiary alicyclic amines) is 2. The number of carbonyl (C=O) groups excluding carboxylic acids is 2. The van der Waals surface area contributed by atoms with E-state index in [1.165, 1.54) is 17.7 Å². The van der Waals surface area contributed by atoms with E-state index in [9.17, 15) is 24.1 Å². The first-order valence-corrected chi connectivity index (χ1v) is 14.4. The first-order valence-electron chi connectivity index (χ1n) is 14.4. The van der Waals surface area contributed by atoms with E-state index in [1.807, 2.05) is 32.0 Å². The van der Waals surface area contributed by atoms with Crippen molar-refractivity contribution in [3.63, 3.8) is 0 Å². The van der Waals surface area contributed by atoms with Crippen LogP contribution in [-0.2, 0) is 20.8 Å². The van der Waals surface area contributed by atoms with Crippen molar-refractivity contribution in [2.45, 2.75) is 58.2 Å². The van der Waals surface area contributed by atoms with Crippen molar-refractivity contribution in [2.24, 2.45) is 23.7 Å². The Morgan fingerprint density at radius 1 is 1.05 bits per heavy atom. The summed E-state index contributed by atoms with van der Waals surface area (Å²) in [5.74, 6) is -2.77. The highest BCUT2D eigenvalue weighted by atomic mass is 19.1. The van der Waals surface area contributed by atoms with Gasteiger partial charge in [-0.05, 0) is 66.3 Å². The van der Waals surface area contributed by atoms with Crippen molar-refractivity contribution in [1.82, 2.24) is 9.80 Å². The van der Waals surface area contributed by atoms with E-state index < -0.39 is 36.6 Å². The molecule has 0 unspecified atom stereocenters. The molecule has 0 radical (unpaired) electrons. The molecule has 0 aromatic heterocycles. The zero-order valence-corrected chi connectivity index (χ0v) is 23.0. The molecule has 3 heterocycles. The lowest BCUT2D eigenvalue weighted by Gasteiger charge is -2.43. The van der Waals surface area contributed by atoms with Gasteiger partial charge >= 0.3 is 7.12 Å². The molecule has 2 N–H and O–H groups in total. The summed E-state index contributed by atoms with van der Waals surface area (Å²) in [7, 11) is -1.24. The van der Waals surface area contributed by atoms with Gasteiger partial charge in [-0.1, -0.05) is 55.8 Å². The van der Waals surface area contributed by atoms with E-state index in [1.54, 1.807) is 11.0 Å². The van der Waals surface area contributed by atoms with Crippen LogP contribution in [0.3, 0.4) is 0 Å². The third kappa shape index (κ3) is 4.78. The van der Waals surface area contributed by atoms with Gasteiger partial charge in [0.2, 0.25) is 11.8 Å². The first-order chi connectivity index (χ1) is 19.2. The maximum atomic E-state index is 14.2. The third-order valence-corrected chi connectivity index (χ3v) is 9.39. The summed E-state index contributed by atoms with van der Waals surface area (Å²) in [6, 6.07) is 14.2. The number of phenols is 1. The monoisotopic (exact) mass is 546 g/mol. The number of fused-ring (bicyclic) bond motifs is 3. The largest absolute Gasteiger partial charge is 0.505 e. The molecule has 3 saturated heterocycles. The van der Waals surface area contributed by atoms with Crippen LogP contribution < -0.4 is 0 Å². The van der Waals surface area contributed by atoms with Crippen LogP contribution in [-0.4, -0.2) is 58.0 Å². The average Bonchev–Trinajstić information content (AvgIpc) is 3.20. The Morgan fingerprint density at radius 3 is 2.45 bits per heavy atom. The summed E-state index contributed by atoms with van der Waals surface area (Å²) in [5.41, 5.74) is 3.43. The number of carbonyl (C=O) groups is 2. The van der Waals surface area contributed by atoms with Crippen LogP contribution in [0.15, 0.2) is 59.6 Å². The third-order valence-electron chi connectivity index (χ3n) is 9.39. The van der Waals surface area contributed by atoms with Gasteiger partial charge in [0.05, 0.1) is 17.9 Å². The molecule has 2 amide bonds. The van der Waals surface area contributed by atoms with Gasteiger partial charge in [-0.25, -0.2) is 4.39 Å². The number of halogens is 1. The molecule has 0 bridgehead atoms. The topological polar surface area (TPSA) is 90.3 Å². The predicted molar refractivity (Wildman–Crippen MR) is 148 cm³/mol.